The molecule has 0 amide bonds. The van der Waals surface area contributed by atoms with Crippen LogP contribution in [-0.4, -0.2) is 17.2 Å². The Morgan fingerprint density at radius 2 is 2.33 bits per heavy atom. The molecule has 0 spiro atoms. The van der Waals surface area contributed by atoms with Crippen molar-refractivity contribution in [2.24, 2.45) is 4.99 Å². The summed E-state index contributed by atoms with van der Waals surface area (Å²) in [6.07, 6.45) is 0. The van der Waals surface area contributed by atoms with Gasteiger partial charge in [-0.3, -0.25) is 0 Å². The van der Waals surface area contributed by atoms with Gasteiger partial charge in [0.25, 0.3) is 0 Å². The molecule has 2 nitrogen and oxygen atoms in total. The molecule has 0 aliphatic heterocycles. The quantitative estimate of drug-likeness (QED) is 0.260. The van der Waals surface area contributed by atoms with Gasteiger partial charge in [0.1, 0.15) is 0 Å². The SMILES string of the molecule is C=NC(=C)O[SiH3]. The van der Waals surface area contributed by atoms with Gasteiger partial charge >= 0.3 is 0 Å². The first-order valence-corrected chi connectivity index (χ1v) is 2.32. The van der Waals surface area contributed by atoms with Crippen molar-refractivity contribution in [1.82, 2.24) is 0 Å². The van der Waals surface area contributed by atoms with Gasteiger partial charge in [-0.15, -0.1) is 0 Å². The first-order valence-electron chi connectivity index (χ1n) is 1.51. The van der Waals surface area contributed by atoms with Crippen molar-refractivity contribution in [3.05, 3.63) is 12.5 Å². The van der Waals surface area contributed by atoms with Gasteiger partial charge in [-0.1, -0.05) is 0 Å². The summed E-state index contributed by atoms with van der Waals surface area (Å²) in [7, 11) is 0.649. The molecule has 0 aliphatic carbocycles. The van der Waals surface area contributed by atoms with E-state index in [1.807, 2.05) is 0 Å². The lowest BCUT2D eigenvalue weighted by molar-refractivity contribution is 0.469. The minimum atomic E-state index is 0.418. The van der Waals surface area contributed by atoms with Gasteiger partial charge in [-0.25, -0.2) is 4.99 Å². The molecule has 0 radical (unpaired) electrons. The summed E-state index contributed by atoms with van der Waals surface area (Å²) in [5.74, 6) is 0.418. The van der Waals surface area contributed by atoms with E-state index in [1.165, 1.54) is 0 Å². The lowest BCUT2D eigenvalue weighted by Gasteiger charge is -1.91. The summed E-state index contributed by atoms with van der Waals surface area (Å²) < 4.78 is 4.61. The molecule has 0 aliphatic rings. The van der Waals surface area contributed by atoms with Gasteiger partial charge in [0.2, 0.25) is 10.5 Å². The summed E-state index contributed by atoms with van der Waals surface area (Å²) in [5.41, 5.74) is 0. The highest BCUT2D eigenvalue weighted by Gasteiger charge is 1.71. The van der Waals surface area contributed by atoms with Crippen LogP contribution in [-0.2, 0) is 4.43 Å². The monoisotopic (exact) mass is 101 g/mol. The van der Waals surface area contributed by atoms with Crippen molar-refractivity contribution in [3.8, 4) is 0 Å². The van der Waals surface area contributed by atoms with Gasteiger partial charge in [-0.2, -0.15) is 0 Å². The molecule has 0 aromatic heterocycles. The van der Waals surface area contributed by atoms with Gasteiger partial charge in [0.05, 0.1) is 0 Å². The van der Waals surface area contributed by atoms with Crippen LogP contribution in [0.1, 0.15) is 0 Å². The van der Waals surface area contributed by atoms with E-state index in [9.17, 15) is 0 Å². The first kappa shape index (κ1) is 5.43. The third-order valence-electron chi connectivity index (χ3n) is 0.412. The van der Waals surface area contributed by atoms with Crippen LogP contribution in [0.2, 0.25) is 0 Å². The number of hydrogen-bond donors (Lipinski definition) is 0. The van der Waals surface area contributed by atoms with Crippen LogP contribution in [0.5, 0.6) is 0 Å². The smallest absolute Gasteiger partial charge is 0.206 e. The normalized spacial score (nSPS) is 7.33. The van der Waals surface area contributed by atoms with Crippen molar-refractivity contribution in [3.63, 3.8) is 0 Å². The highest BCUT2D eigenvalue weighted by atomic mass is 28.2. The average Bonchev–Trinajstić information content (AvgIpc) is 1.65. The zero-order chi connectivity index (χ0) is 4.99. The van der Waals surface area contributed by atoms with Crippen molar-refractivity contribution < 1.29 is 4.43 Å². The summed E-state index contributed by atoms with van der Waals surface area (Å²) in [6.45, 7) is 6.55. The van der Waals surface area contributed by atoms with Gasteiger partial charge < -0.3 is 4.43 Å². The van der Waals surface area contributed by atoms with Crippen LogP contribution in [0.3, 0.4) is 0 Å². The van der Waals surface area contributed by atoms with E-state index in [0.717, 1.165) is 0 Å². The zero-order valence-corrected chi connectivity index (χ0v) is 5.77. The maximum Gasteiger partial charge on any atom is 0.206 e. The maximum absolute atomic E-state index is 4.61. The number of aliphatic imine (C=N–C) groups is 1. The Morgan fingerprint density at radius 1 is 1.83 bits per heavy atom. The van der Waals surface area contributed by atoms with E-state index in [0.29, 0.717) is 16.4 Å². The molecule has 34 valence electrons. The van der Waals surface area contributed by atoms with Crippen molar-refractivity contribution in [2.45, 2.75) is 0 Å². The second-order valence-corrected chi connectivity index (χ2v) is 1.16. The summed E-state index contributed by atoms with van der Waals surface area (Å²) in [5, 5.41) is 0. The van der Waals surface area contributed by atoms with E-state index >= 15 is 0 Å². The van der Waals surface area contributed by atoms with Crippen LogP contribution in [0, 0.1) is 0 Å². The van der Waals surface area contributed by atoms with Gasteiger partial charge in [0.15, 0.2) is 5.88 Å². The fraction of sp³-hybridized carbons (Fsp3) is 0. The number of nitrogens with zero attached hydrogens (tertiary/aromatic N) is 1. The Bertz CT molecular complexity index is 71.2. The topological polar surface area (TPSA) is 21.6 Å². The predicted molar refractivity (Wildman–Crippen MR) is 29.7 cm³/mol. The lowest BCUT2D eigenvalue weighted by atomic mass is 11.0. The van der Waals surface area contributed by atoms with E-state index in [1.54, 1.807) is 0 Å². The molecule has 0 saturated heterocycles. The maximum atomic E-state index is 4.61. The number of hydrogen-bond acceptors (Lipinski definition) is 2. The van der Waals surface area contributed by atoms with Crippen LogP contribution in [0.15, 0.2) is 17.5 Å². The van der Waals surface area contributed by atoms with E-state index in [-0.39, 0.29) is 0 Å². The Kier molecular flexibility index (Phi) is 2.40. The molecule has 0 unspecified atom stereocenters. The summed E-state index contributed by atoms with van der Waals surface area (Å²) in [4.78, 5) is 3.38. The Hall–Kier alpha value is -0.573. The second-order valence-electron chi connectivity index (χ2n) is 0.756. The first-order chi connectivity index (χ1) is 2.81. The fourth-order valence-electron chi connectivity index (χ4n) is 0.0645. The third-order valence-corrected chi connectivity index (χ3v) is 0.883. The van der Waals surface area contributed by atoms with Crippen molar-refractivity contribution >= 4 is 17.2 Å². The van der Waals surface area contributed by atoms with Crippen LogP contribution < -0.4 is 0 Å². The standard InChI is InChI=1S/C3H7NOSi/c1-3(4-2)5-6/h1-2H2,6H3. The Morgan fingerprint density at radius 3 is 2.33 bits per heavy atom. The highest BCUT2D eigenvalue weighted by Crippen LogP contribution is 1.84. The minimum absolute atomic E-state index is 0.418. The van der Waals surface area contributed by atoms with Gasteiger partial charge in [-0.05, 0) is 13.3 Å². The molecule has 0 heterocycles. The average molecular weight is 101 g/mol. The Balaban J connectivity index is 3.23. The third kappa shape index (κ3) is 1.72. The van der Waals surface area contributed by atoms with Crippen LogP contribution in [0.4, 0.5) is 0 Å². The van der Waals surface area contributed by atoms with E-state index < -0.39 is 0 Å². The highest BCUT2D eigenvalue weighted by molar-refractivity contribution is 5.98. The van der Waals surface area contributed by atoms with E-state index in [2.05, 4.69) is 22.7 Å². The molecule has 0 saturated carbocycles. The Labute approximate surface area is 40.1 Å². The molecular weight excluding hydrogens is 94.1 g/mol. The second kappa shape index (κ2) is 2.65. The molecule has 6 heavy (non-hydrogen) atoms. The largest absolute Gasteiger partial charge is 0.541 e. The van der Waals surface area contributed by atoms with Gasteiger partial charge in [0, 0.05) is 0 Å². The van der Waals surface area contributed by atoms with Crippen LogP contribution in [0.25, 0.3) is 0 Å². The van der Waals surface area contributed by atoms with Crippen molar-refractivity contribution in [2.75, 3.05) is 0 Å². The minimum Gasteiger partial charge on any atom is -0.541 e. The van der Waals surface area contributed by atoms with Crippen molar-refractivity contribution in [1.29, 1.82) is 0 Å². The lowest BCUT2D eigenvalue weighted by Crippen LogP contribution is -1.76. The zero-order valence-electron chi connectivity index (χ0n) is 3.77. The molecule has 0 N–H and O–H groups in total. The van der Waals surface area contributed by atoms with Crippen LogP contribution >= 0.6 is 0 Å². The fourth-order valence-corrected chi connectivity index (χ4v) is 0.194. The summed E-state index contributed by atoms with van der Waals surface area (Å²) in [6, 6.07) is 0. The molecule has 0 fully saturated rings. The van der Waals surface area contributed by atoms with E-state index in [4.69, 9.17) is 0 Å². The molecule has 0 aromatic carbocycles. The number of rotatable bonds is 2. The molecule has 0 atom stereocenters. The molecule has 0 bridgehead atoms. The summed E-state index contributed by atoms with van der Waals surface area (Å²) >= 11 is 0. The molecule has 0 rings (SSSR count). The molecule has 0 aromatic rings. The molecule has 3 heteroatoms. The molecular formula is C3H7NOSi. The predicted octanol–water partition coefficient (Wildman–Crippen LogP) is -0.545.